The Labute approximate surface area is 222 Å². The van der Waals surface area contributed by atoms with E-state index in [0.29, 0.717) is 5.56 Å². The third-order valence-corrected chi connectivity index (χ3v) is 5.38. The minimum atomic E-state index is -1.71. The van der Waals surface area contributed by atoms with E-state index in [2.05, 4.69) is 16.0 Å². The lowest BCUT2D eigenvalue weighted by molar-refractivity contribution is -0.144. The zero-order chi connectivity index (χ0) is 29.7. The SMILES string of the molecule is NC(=O)CCC(N)C(=O)NC(Cc1ccc(O)cc1)C(=O)NC(CCC(N)=O)C(=O)NC(CC(N)=O)C(=O)O. The summed E-state index contributed by atoms with van der Waals surface area (Å²) in [5.74, 6) is -6.89. The van der Waals surface area contributed by atoms with Gasteiger partial charge in [0, 0.05) is 19.3 Å². The summed E-state index contributed by atoms with van der Waals surface area (Å²) in [6, 6.07) is -0.0999. The normalized spacial score (nSPS) is 13.7. The first-order valence-corrected chi connectivity index (χ1v) is 11.7. The minimum Gasteiger partial charge on any atom is -0.508 e. The number of benzene rings is 1. The van der Waals surface area contributed by atoms with E-state index in [9.17, 15) is 43.8 Å². The molecule has 16 heteroatoms. The summed E-state index contributed by atoms with van der Waals surface area (Å²) in [5, 5.41) is 25.6. The van der Waals surface area contributed by atoms with Gasteiger partial charge in [-0.1, -0.05) is 12.1 Å². The Hall–Kier alpha value is -4.73. The Morgan fingerprint density at radius 2 is 1.18 bits per heavy atom. The fraction of sp³-hybridized carbons (Fsp3) is 0.435. The Morgan fingerprint density at radius 1 is 0.692 bits per heavy atom. The van der Waals surface area contributed by atoms with Crippen molar-refractivity contribution in [2.45, 2.75) is 62.7 Å². The molecular weight excluding hydrogens is 518 g/mol. The van der Waals surface area contributed by atoms with Crippen LogP contribution < -0.4 is 38.9 Å². The van der Waals surface area contributed by atoms with Gasteiger partial charge in [0.15, 0.2) is 0 Å². The van der Waals surface area contributed by atoms with Gasteiger partial charge in [-0.3, -0.25) is 28.8 Å². The number of primary amides is 3. The maximum absolute atomic E-state index is 13.2. The van der Waals surface area contributed by atoms with Gasteiger partial charge in [-0.2, -0.15) is 0 Å². The lowest BCUT2D eigenvalue weighted by atomic mass is 10.0. The second kappa shape index (κ2) is 15.5. The van der Waals surface area contributed by atoms with Crippen molar-refractivity contribution in [3.63, 3.8) is 0 Å². The van der Waals surface area contributed by atoms with E-state index in [4.69, 9.17) is 22.9 Å². The molecule has 0 saturated carbocycles. The smallest absolute Gasteiger partial charge is 0.326 e. The number of nitrogens with two attached hydrogens (primary N) is 4. The molecule has 214 valence electrons. The lowest BCUT2D eigenvalue weighted by Gasteiger charge is -2.25. The number of carboxylic acid groups (broad SMARTS) is 1. The van der Waals surface area contributed by atoms with Crippen molar-refractivity contribution >= 4 is 41.4 Å². The van der Waals surface area contributed by atoms with Crippen LogP contribution in [0.3, 0.4) is 0 Å². The largest absolute Gasteiger partial charge is 0.508 e. The summed E-state index contributed by atoms with van der Waals surface area (Å²) in [7, 11) is 0. The van der Waals surface area contributed by atoms with Gasteiger partial charge in [-0.15, -0.1) is 0 Å². The van der Waals surface area contributed by atoms with E-state index < -0.39 is 72.0 Å². The van der Waals surface area contributed by atoms with Crippen molar-refractivity contribution in [1.82, 2.24) is 16.0 Å². The van der Waals surface area contributed by atoms with Crippen LogP contribution in [0.1, 0.15) is 37.7 Å². The number of hydrogen-bond donors (Lipinski definition) is 9. The number of aliphatic carboxylic acids is 1. The molecule has 0 aliphatic heterocycles. The first-order valence-electron chi connectivity index (χ1n) is 11.7. The average molecular weight is 552 g/mol. The maximum atomic E-state index is 13.2. The highest BCUT2D eigenvalue weighted by molar-refractivity contribution is 5.95. The third kappa shape index (κ3) is 12.4. The van der Waals surface area contributed by atoms with Crippen molar-refractivity contribution < 1.29 is 43.8 Å². The zero-order valence-electron chi connectivity index (χ0n) is 20.9. The number of hydrogen-bond acceptors (Lipinski definition) is 9. The van der Waals surface area contributed by atoms with Crippen LogP contribution in [-0.2, 0) is 40.0 Å². The minimum absolute atomic E-state index is 0.0515. The monoisotopic (exact) mass is 551 g/mol. The second-order valence-corrected chi connectivity index (χ2v) is 8.68. The average Bonchev–Trinajstić information content (AvgIpc) is 2.84. The molecular formula is C23H33N7O9. The summed E-state index contributed by atoms with van der Waals surface area (Å²) in [5.41, 5.74) is 21.5. The van der Waals surface area contributed by atoms with E-state index in [-0.39, 0.29) is 37.9 Å². The molecule has 0 aliphatic rings. The van der Waals surface area contributed by atoms with Gasteiger partial charge in [0.2, 0.25) is 35.4 Å². The number of phenolic OH excluding ortho intramolecular Hbond substituents is 1. The van der Waals surface area contributed by atoms with Gasteiger partial charge in [0.1, 0.15) is 23.9 Å². The molecule has 0 aromatic heterocycles. The Balaban J connectivity index is 3.17. The summed E-state index contributed by atoms with van der Waals surface area (Å²) < 4.78 is 0. The lowest BCUT2D eigenvalue weighted by Crippen LogP contribution is -2.58. The summed E-state index contributed by atoms with van der Waals surface area (Å²) in [6.45, 7) is 0. The Kier molecular flexibility index (Phi) is 12.8. The summed E-state index contributed by atoms with van der Waals surface area (Å²) >= 11 is 0. The van der Waals surface area contributed by atoms with Gasteiger partial charge in [0.25, 0.3) is 0 Å². The molecule has 13 N–H and O–H groups in total. The molecule has 1 aromatic rings. The molecule has 1 aromatic carbocycles. The van der Waals surface area contributed by atoms with Crippen molar-refractivity contribution in [2.24, 2.45) is 22.9 Å². The van der Waals surface area contributed by atoms with Crippen LogP contribution >= 0.6 is 0 Å². The first-order chi connectivity index (χ1) is 18.2. The quantitative estimate of drug-likeness (QED) is 0.0909. The fourth-order valence-electron chi connectivity index (χ4n) is 3.29. The van der Waals surface area contributed by atoms with Crippen LogP contribution in [0.4, 0.5) is 0 Å². The number of amides is 6. The predicted octanol–water partition coefficient (Wildman–Crippen LogP) is -3.79. The standard InChI is InChI=1S/C23H33N7O9/c24-13(5-7-17(25)32)20(35)29-15(9-11-1-3-12(31)4-2-11)22(37)28-14(6-8-18(26)33)21(36)30-16(23(38)39)10-19(27)34/h1-4,13-16,31H,5-10,24H2,(H2,25,32)(H2,26,33)(H2,27,34)(H,28,37)(H,29,35)(H,30,36)(H,38,39). The molecule has 0 aliphatic carbocycles. The number of carbonyl (C=O) groups excluding carboxylic acids is 6. The van der Waals surface area contributed by atoms with Gasteiger partial charge >= 0.3 is 5.97 Å². The summed E-state index contributed by atoms with van der Waals surface area (Å²) in [6.07, 6.45) is -1.87. The number of aromatic hydroxyl groups is 1. The Bertz CT molecular complexity index is 1080. The van der Waals surface area contributed by atoms with Gasteiger partial charge in [-0.05, 0) is 30.5 Å². The van der Waals surface area contributed by atoms with Crippen LogP contribution in [0.2, 0.25) is 0 Å². The predicted molar refractivity (Wildman–Crippen MR) is 134 cm³/mol. The van der Waals surface area contributed by atoms with Crippen molar-refractivity contribution in [3.05, 3.63) is 29.8 Å². The molecule has 0 radical (unpaired) electrons. The van der Waals surface area contributed by atoms with Crippen LogP contribution in [0.15, 0.2) is 24.3 Å². The zero-order valence-corrected chi connectivity index (χ0v) is 20.9. The van der Waals surface area contributed by atoms with Gasteiger partial charge in [-0.25, -0.2) is 4.79 Å². The fourth-order valence-corrected chi connectivity index (χ4v) is 3.29. The molecule has 39 heavy (non-hydrogen) atoms. The molecule has 16 nitrogen and oxygen atoms in total. The van der Waals surface area contributed by atoms with Crippen LogP contribution in [0.5, 0.6) is 5.75 Å². The molecule has 0 saturated heterocycles. The van der Waals surface area contributed by atoms with E-state index in [0.717, 1.165) is 0 Å². The first kappa shape index (κ1) is 32.3. The number of carbonyl (C=O) groups is 7. The number of carboxylic acids is 1. The van der Waals surface area contributed by atoms with Crippen molar-refractivity contribution in [2.75, 3.05) is 0 Å². The molecule has 0 bridgehead atoms. The molecule has 6 amide bonds. The van der Waals surface area contributed by atoms with Crippen LogP contribution in [0.25, 0.3) is 0 Å². The Morgan fingerprint density at radius 3 is 1.69 bits per heavy atom. The molecule has 0 heterocycles. The van der Waals surface area contributed by atoms with E-state index in [1.807, 2.05) is 0 Å². The molecule has 0 fully saturated rings. The van der Waals surface area contributed by atoms with Crippen molar-refractivity contribution in [3.8, 4) is 5.75 Å². The highest BCUT2D eigenvalue weighted by Gasteiger charge is 2.31. The number of rotatable bonds is 17. The maximum Gasteiger partial charge on any atom is 0.326 e. The van der Waals surface area contributed by atoms with Crippen LogP contribution in [0, 0.1) is 0 Å². The molecule has 1 rings (SSSR count). The highest BCUT2D eigenvalue weighted by Crippen LogP contribution is 2.12. The number of phenols is 1. The van der Waals surface area contributed by atoms with E-state index in [1.165, 1.54) is 24.3 Å². The topological polar surface area (TPSA) is 300 Å². The third-order valence-electron chi connectivity index (χ3n) is 5.38. The second-order valence-electron chi connectivity index (χ2n) is 8.68. The van der Waals surface area contributed by atoms with Crippen molar-refractivity contribution in [1.29, 1.82) is 0 Å². The van der Waals surface area contributed by atoms with Gasteiger partial charge in [0.05, 0.1) is 12.5 Å². The number of nitrogens with one attached hydrogen (secondary N) is 3. The van der Waals surface area contributed by atoms with E-state index >= 15 is 0 Å². The van der Waals surface area contributed by atoms with E-state index in [1.54, 1.807) is 0 Å². The highest BCUT2D eigenvalue weighted by atomic mass is 16.4. The molecule has 0 spiro atoms. The molecule has 4 unspecified atom stereocenters. The van der Waals surface area contributed by atoms with Crippen LogP contribution in [-0.4, -0.2) is 75.8 Å². The summed E-state index contributed by atoms with van der Waals surface area (Å²) in [4.78, 5) is 83.6. The molecule has 4 atom stereocenters. The van der Waals surface area contributed by atoms with Gasteiger partial charge < -0.3 is 49.1 Å².